The third-order valence-electron chi connectivity index (χ3n) is 2.92. The summed E-state index contributed by atoms with van der Waals surface area (Å²) in [6, 6.07) is 0. The Morgan fingerprint density at radius 1 is 0.938 bits per heavy atom. The highest BCUT2D eigenvalue weighted by Gasteiger charge is 2.41. The molecule has 4 atom stereocenters. The maximum Gasteiger partial charge on any atom is 0.307 e. The molecule has 2 fully saturated rings. The summed E-state index contributed by atoms with van der Waals surface area (Å²) in [5.41, 5.74) is 0. The molecule has 0 unspecified atom stereocenters. The minimum Gasteiger partial charge on any atom is -0.481 e. The van der Waals surface area contributed by atoms with Gasteiger partial charge in [-0.1, -0.05) is 12.2 Å². The molecule has 0 spiro atoms. The van der Waals surface area contributed by atoms with E-state index >= 15 is 0 Å². The van der Waals surface area contributed by atoms with E-state index in [9.17, 15) is 9.59 Å². The van der Waals surface area contributed by atoms with Crippen LogP contribution in [-0.4, -0.2) is 22.2 Å². The van der Waals surface area contributed by atoms with Crippen LogP contribution in [0, 0.1) is 23.7 Å². The summed E-state index contributed by atoms with van der Waals surface area (Å²) >= 11 is 0. The molecule has 2 N–H and O–H groups in total. The number of allylic oxidation sites excluding steroid dienone is 2. The number of carbonyl (C=O) groups is 2. The summed E-state index contributed by atoms with van der Waals surface area (Å²) in [4.78, 5) is 20.2. The molecule has 0 radical (unpaired) electrons. The molecular weight excluding hydrogens is 208 g/mol. The highest BCUT2D eigenvalue weighted by molar-refractivity contribution is 5.74. The molecule has 0 aromatic heterocycles. The molecule has 4 heteroatoms. The Labute approximate surface area is 94.3 Å². The fourth-order valence-corrected chi connectivity index (χ4v) is 1.52. The van der Waals surface area contributed by atoms with Gasteiger partial charge in [-0.2, -0.15) is 0 Å². The van der Waals surface area contributed by atoms with Crippen LogP contribution in [0.2, 0.25) is 0 Å². The van der Waals surface area contributed by atoms with Gasteiger partial charge in [0.25, 0.3) is 0 Å². The number of hydrogen-bond acceptors (Lipinski definition) is 2. The maximum atomic E-state index is 10.1. The quantitative estimate of drug-likeness (QED) is 0.714. The molecule has 4 nitrogen and oxygen atoms in total. The van der Waals surface area contributed by atoms with Crippen molar-refractivity contribution in [2.24, 2.45) is 23.7 Å². The van der Waals surface area contributed by atoms with Crippen molar-refractivity contribution in [2.75, 3.05) is 0 Å². The lowest BCUT2D eigenvalue weighted by Crippen LogP contribution is -1.97. The predicted molar refractivity (Wildman–Crippen MR) is 58.9 cm³/mol. The summed E-state index contributed by atoms with van der Waals surface area (Å²) in [7, 11) is 0. The number of aliphatic carboxylic acids is 2. The molecular formula is C12H16O4. The summed E-state index contributed by atoms with van der Waals surface area (Å²) in [5, 5.41) is 16.6. The van der Waals surface area contributed by atoms with Gasteiger partial charge in [0.15, 0.2) is 0 Å². The first kappa shape index (κ1) is 12.5. The van der Waals surface area contributed by atoms with E-state index in [0.717, 1.165) is 12.8 Å². The Balaban J connectivity index is 0.000000160. The number of rotatable bonds is 4. The molecule has 2 aliphatic carbocycles. The molecule has 0 aliphatic heterocycles. The Hall–Kier alpha value is -1.58. The Morgan fingerprint density at radius 2 is 1.25 bits per heavy atom. The van der Waals surface area contributed by atoms with Gasteiger partial charge < -0.3 is 10.2 Å². The van der Waals surface area contributed by atoms with Crippen LogP contribution in [0.3, 0.4) is 0 Å². The highest BCUT2D eigenvalue weighted by atomic mass is 16.4. The van der Waals surface area contributed by atoms with Gasteiger partial charge in [0.1, 0.15) is 0 Å². The molecule has 2 aliphatic rings. The number of hydrogen-bond donors (Lipinski definition) is 2. The van der Waals surface area contributed by atoms with Crippen LogP contribution in [0.4, 0.5) is 0 Å². The van der Waals surface area contributed by atoms with Crippen molar-refractivity contribution in [3.8, 4) is 0 Å². The standard InChI is InChI=1S/2C6H8O2/c2*1-2-4-3-5(4)6(7)8/h2*2,4-5H,1,3H2,(H,7,8)/t2*4-,5-/m10/s1. The average Bonchev–Trinajstić information content (AvgIpc) is 3.11. The molecule has 2 saturated carbocycles. The smallest absolute Gasteiger partial charge is 0.307 e. The fraction of sp³-hybridized carbons (Fsp3) is 0.500. The van der Waals surface area contributed by atoms with E-state index in [4.69, 9.17) is 10.2 Å². The van der Waals surface area contributed by atoms with E-state index in [1.54, 1.807) is 12.2 Å². The first-order chi connectivity index (χ1) is 7.51. The minimum atomic E-state index is -0.685. The number of carboxylic acid groups (broad SMARTS) is 2. The molecule has 0 aromatic carbocycles. The van der Waals surface area contributed by atoms with E-state index in [2.05, 4.69) is 13.2 Å². The molecule has 0 saturated heterocycles. The zero-order chi connectivity index (χ0) is 12.3. The topological polar surface area (TPSA) is 74.6 Å². The Bertz CT molecular complexity index is 289. The predicted octanol–water partition coefficient (Wildman–Crippen LogP) is 1.79. The second-order valence-electron chi connectivity index (χ2n) is 4.16. The van der Waals surface area contributed by atoms with Crippen molar-refractivity contribution in [1.29, 1.82) is 0 Å². The van der Waals surface area contributed by atoms with Gasteiger partial charge in [-0.3, -0.25) is 9.59 Å². The van der Waals surface area contributed by atoms with E-state index in [1.807, 2.05) is 0 Å². The van der Waals surface area contributed by atoms with Crippen LogP contribution in [-0.2, 0) is 9.59 Å². The average molecular weight is 224 g/mol. The van der Waals surface area contributed by atoms with Gasteiger partial charge in [-0.15, -0.1) is 13.2 Å². The molecule has 88 valence electrons. The van der Waals surface area contributed by atoms with Crippen LogP contribution in [0.25, 0.3) is 0 Å². The van der Waals surface area contributed by atoms with Crippen LogP contribution in [0.1, 0.15) is 12.8 Å². The first-order valence-corrected chi connectivity index (χ1v) is 5.22. The van der Waals surface area contributed by atoms with Crippen LogP contribution < -0.4 is 0 Å². The van der Waals surface area contributed by atoms with Crippen molar-refractivity contribution >= 4 is 11.9 Å². The summed E-state index contributed by atoms with van der Waals surface area (Å²) < 4.78 is 0. The minimum absolute atomic E-state index is 0.118. The van der Waals surface area contributed by atoms with Crippen molar-refractivity contribution < 1.29 is 19.8 Å². The van der Waals surface area contributed by atoms with Gasteiger partial charge in [-0.05, 0) is 24.7 Å². The van der Waals surface area contributed by atoms with Gasteiger partial charge in [-0.25, -0.2) is 0 Å². The maximum absolute atomic E-state index is 10.1. The molecule has 0 heterocycles. The highest BCUT2D eigenvalue weighted by Crippen LogP contribution is 2.39. The summed E-state index contributed by atoms with van der Waals surface area (Å²) in [6.45, 7) is 6.98. The lowest BCUT2D eigenvalue weighted by molar-refractivity contribution is -0.139. The largest absolute Gasteiger partial charge is 0.481 e. The van der Waals surface area contributed by atoms with E-state index < -0.39 is 11.9 Å². The molecule has 0 amide bonds. The first-order valence-electron chi connectivity index (χ1n) is 5.22. The molecule has 0 bridgehead atoms. The van der Waals surface area contributed by atoms with Crippen LogP contribution in [0.5, 0.6) is 0 Å². The van der Waals surface area contributed by atoms with Gasteiger partial charge in [0.2, 0.25) is 0 Å². The number of carboxylic acids is 2. The lowest BCUT2D eigenvalue weighted by atomic mass is 10.3. The molecule has 2 rings (SSSR count). The summed E-state index contributed by atoms with van der Waals surface area (Å²) in [6.07, 6.45) is 5.00. The van der Waals surface area contributed by atoms with Gasteiger partial charge >= 0.3 is 11.9 Å². The monoisotopic (exact) mass is 224 g/mol. The van der Waals surface area contributed by atoms with Crippen LogP contribution in [0.15, 0.2) is 25.3 Å². The zero-order valence-electron chi connectivity index (χ0n) is 9.00. The zero-order valence-corrected chi connectivity index (χ0v) is 9.00. The summed E-state index contributed by atoms with van der Waals surface area (Å²) in [5.74, 6) is -1.09. The van der Waals surface area contributed by atoms with Gasteiger partial charge in [0.05, 0.1) is 11.8 Å². The molecule has 16 heavy (non-hydrogen) atoms. The van der Waals surface area contributed by atoms with Crippen molar-refractivity contribution in [3.63, 3.8) is 0 Å². The van der Waals surface area contributed by atoms with Gasteiger partial charge in [0, 0.05) is 0 Å². The normalized spacial score (nSPS) is 34.0. The second-order valence-corrected chi connectivity index (χ2v) is 4.16. The SMILES string of the molecule is C=C[C@@H]1C[C@H]1C(=O)O.C=C[C@H]1C[C@@H]1C(=O)O. The van der Waals surface area contributed by atoms with Crippen molar-refractivity contribution in [3.05, 3.63) is 25.3 Å². The second kappa shape index (κ2) is 4.96. The third kappa shape index (κ3) is 3.22. The third-order valence-corrected chi connectivity index (χ3v) is 2.92. The van der Waals surface area contributed by atoms with E-state index in [0.29, 0.717) is 0 Å². The Kier molecular flexibility index (Phi) is 3.88. The van der Waals surface area contributed by atoms with E-state index in [-0.39, 0.29) is 23.7 Å². The Morgan fingerprint density at radius 3 is 1.31 bits per heavy atom. The van der Waals surface area contributed by atoms with Crippen LogP contribution >= 0.6 is 0 Å². The van der Waals surface area contributed by atoms with E-state index in [1.165, 1.54) is 0 Å². The van der Waals surface area contributed by atoms with Crippen molar-refractivity contribution in [1.82, 2.24) is 0 Å². The molecule has 0 aromatic rings. The fourth-order valence-electron chi connectivity index (χ4n) is 1.52. The lowest BCUT2D eigenvalue weighted by Gasteiger charge is -1.81. The van der Waals surface area contributed by atoms with Crippen molar-refractivity contribution in [2.45, 2.75) is 12.8 Å².